The van der Waals surface area contributed by atoms with Gasteiger partial charge in [0.1, 0.15) is 5.75 Å². The summed E-state index contributed by atoms with van der Waals surface area (Å²) in [5, 5.41) is 0. The lowest BCUT2D eigenvalue weighted by Crippen LogP contribution is -2.18. The molecule has 2 rings (SSSR count). The summed E-state index contributed by atoms with van der Waals surface area (Å²) in [6, 6.07) is 17.3. The highest BCUT2D eigenvalue weighted by molar-refractivity contribution is 6.01. The summed E-state index contributed by atoms with van der Waals surface area (Å²) in [6.07, 6.45) is 0. The number of ether oxygens (including phenoxy) is 1. The summed E-state index contributed by atoms with van der Waals surface area (Å²) in [5.74, 6) is 1.08. The maximum absolute atomic E-state index is 12.7. The van der Waals surface area contributed by atoms with E-state index in [2.05, 4.69) is 13.8 Å². The number of ketones is 1. The van der Waals surface area contributed by atoms with Gasteiger partial charge in [-0.25, -0.2) is 0 Å². The van der Waals surface area contributed by atoms with Crippen LogP contribution in [0.25, 0.3) is 0 Å². The first kappa shape index (κ1) is 14.3. The van der Waals surface area contributed by atoms with E-state index in [1.54, 1.807) is 7.11 Å². The van der Waals surface area contributed by atoms with Crippen LogP contribution in [0, 0.1) is 5.92 Å². The van der Waals surface area contributed by atoms with E-state index in [1.807, 2.05) is 54.6 Å². The number of hydrogen-bond donors (Lipinski definition) is 0. The fourth-order valence-corrected chi connectivity index (χ4v) is 2.43. The zero-order valence-corrected chi connectivity index (χ0v) is 12.2. The SMILES string of the molecule is COc1ccc(C(=O)[C@H](c2ccccc2)C(C)C)cc1. The molecule has 0 saturated heterocycles. The second-order valence-corrected chi connectivity index (χ2v) is 5.23. The third-order valence-electron chi connectivity index (χ3n) is 3.48. The lowest BCUT2D eigenvalue weighted by atomic mass is 9.82. The van der Waals surface area contributed by atoms with Gasteiger partial charge in [0.05, 0.1) is 7.11 Å². The summed E-state index contributed by atoms with van der Waals surface area (Å²) < 4.78 is 5.13. The topological polar surface area (TPSA) is 26.3 Å². The van der Waals surface area contributed by atoms with E-state index in [9.17, 15) is 4.79 Å². The average Bonchev–Trinajstić information content (AvgIpc) is 2.48. The molecule has 20 heavy (non-hydrogen) atoms. The van der Waals surface area contributed by atoms with Crippen molar-refractivity contribution in [2.45, 2.75) is 19.8 Å². The summed E-state index contributed by atoms with van der Waals surface area (Å²) in [4.78, 5) is 12.7. The molecule has 2 heteroatoms. The minimum Gasteiger partial charge on any atom is -0.497 e. The van der Waals surface area contributed by atoms with Gasteiger partial charge in [0.25, 0.3) is 0 Å². The van der Waals surface area contributed by atoms with Crippen molar-refractivity contribution in [1.82, 2.24) is 0 Å². The Labute approximate surface area is 120 Å². The maximum Gasteiger partial charge on any atom is 0.170 e. The maximum atomic E-state index is 12.7. The first-order valence-electron chi connectivity index (χ1n) is 6.86. The molecule has 0 bridgehead atoms. The fourth-order valence-electron chi connectivity index (χ4n) is 2.43. The zero-order chi connectivity index (χ0) is 14.5. The van der Waals surface area contributed by atoms with Crippen molar-refractivity contribution in [3.8, 4) is 5.75 Å². The number of Topliss-reactive ketones (excluding diaryl/α,β-unsaturated/α-hetero) is 1. The van der Waals surface area contributed by atoms with Crippen LogP contribution in [0.5, 0.6) is 5.75 Å². The van der Waals surface area contributed by atoms with Crippen LogP contribution in [0.3, 0.4) is 0 Å². The van der Waals surface area contributed by atoms with Gasteiger partial charge in [-0.3, -0.25) is 4.79 Å². The van der Waals surface area contributed by atoms with Crippen molar-refractivity contribution in [3.05, 3.63) is 65.7 Å². The van der Waals surface area contributed by atoms with Gasteiger partial charge >= 0.3 is 0 Å². The van der Waals surface area contributed by atoms with Gasteiger partial charge < -0.3 is 4.74 Å². The van der Waals surface area contributed by atoms with Crippen molar-refractivity contribution < 1.29 is 9.53 Å². The summed E-state index contributed by atoms with van der Waals surface area (Å²) >= 11 is 0. The molecule has 2 nitrogen and oxygen atoms in total. The number of rotatable bonds is 5. The molecule has 1 atom stereocenters. The highest BCUT2D eigenvalue weighted by Gasteiger charge is 2.24. The number of carbonyl (C=O) groups is 1. The van der Waals surface area contributed by atoms with Crippen LogP contribution in [-0.4, -0.2) is 12.9 Å². The van der Waals surface area contributed by atoms with Crippen LogP contribution < -0.4 is 4.74 Å². The molecule has 0 heterocycles. The molecular formula is C18H20O2. The van der Waals surface area contributed by atoms with Crippen molar-refractivity contribution in [2.24, 2.45) is 5.92 Å². The third-order valence-corrected chi connectivity index (χ3v) is 3.48. The van der Waals surface area contributed by atoms with Crippen molar-refractivity contribution in [1.29, 1.82) is 0 Å². The Balaban J connectivity index is 2.32. The van der Waals surface area contributed by atoms with Gasteiger partial charge in [-0.15, -0.1) is 0 Å². The lowest BCUT2D eigenvalue weighted by molar-refractivity contribution is 0.0938. The Morgan fingerprint density at radius 1 is 0.950 bits per heavy atom. The van der Waals surface area contributed by atoms with Gasteiger partial charge in [0.2, 0.25) is 0 Å². The van der Waals surface area contributed by atoms with Crippen LogP contribution >= 0.6 is 0 Å². The molecule has 0 aliphatic rings. The first-order valence-corrected chi connectivity index (χ1v) is 6.86. The molecule has 0 aromatic heterocycles. The molecule has 0 radical (unpaired) electrons. The second kappa shape index (κ2) is 6.38. The molecule has 0 N–H and O–H groups in total. The van der Waals surface area contributed by atoms with E-state index in [0.29, 0.717) is 0 Å². The number of methoxy groups -OCH3 is 1. The van der Waals surface area contributed by atoms with E-state index >= 15 is 0 Å². The predicted octanol–water partition coefficient (Wildman–Crippen LogP) is 4.32. The molecule has 0 aliphatic carbocycles. The average molecular weight is 268 g/mol. The van der Waals surface area contributed by atoms with Gasteiger partial charge in [-0.05, 0) is 35.7 Å². The van der Waals surface area contributed by atoms with Crippen LogP contribution in [0.15, 0.2) is 54.6 Å². The zero-order valence-electron chi connectivity index (χ0n) is 12.2. The Bertz CT molecular complexity index is 556. The molecule has 0 amide bonds. The highest BCUT2D eigenvalue weighted by atomic mass is 16.5. The summed E-state index contributed by atoms with van der Waals surface area (Å²) in [5.41, 5.74) is 1.80. The van der Waals surface area contributed by atoms with Crippen LogP contribution in [0.1, 0.15) is 35.7 Å². The number of benzene rings is 2. The lowest BCUT2D eigenvalue weighted by Gasteiger charge is -2.20. The standard InChI is InChI=1S/C18H20O2/c1-13(2)17(14-7-5-4-6-8-14)18(19)15-9-11-16(20-3)12-10-15/h4-13,17H,1-3H3/t17-/m0/s1. The summed E-state index contributed by atoms with van der Waals surface area (Å²) in [7, 11) is 1.62. The fraction of sp³-hybridized carbons (Fsp3) is 0.278. The van der Waals surface area contributed by atoms with Crippen LogP contribution in [0.4, 0.5) is 0 Å². The van der Waals surface area contributed by atoms with E-state index < -0.39 is 0 Å². The molecule has 104 valence electrons. The van der Waals surface area contributed by atoms with Gasteiger partial charge in [0, 0.05) is 11.5 Å². The number of hydrogen-bond acceptors (Lipinski definition) is 2. The predicted molar refractivity (Wildman–Crippen MR) is 81.3 cm³/mol. The largest absolute Gasteiger partial charge is 0.497 e. The molecule has 0 unspecified atom stereocenters. The molecule has 0 spiro atoms. The van der Waals surface area contributed by atoms with Crippen LogP contribution in [0.2, 0.25) is 0 Å². The minimum absolute atomic E-state index is 0.107. The quantitative estimate of drug-likeness (QED) is 0.755. The minimum atomic E-state index is -0.107. The molecule has 0 fully saturated rings. The van der Waals surface area contributed by atoms with Gasteiger partial charge in [0.15, 0.2) is 5.78 Å². The first-order chi connectivity index (χ1) is 9.63. The van der Waals surface area contributed by atoms with Crippen molar-refractivity contribution >= 4 is 5.78 Å². The second-order valence-electron chi connectivity index (χ2n) is 5.23. The molecule has 2 aromatic carbocycles. The van der Waals surface area contributed by atoms with Crippen molar-refractivity contribution in [3.63, 3.8) is 0 Å². The Morgan fingerprint density at radius 2 is 1.55 bits per heavy atom. The van der Waals surface area contributed by atoms with E-state index in [4.69, 9.17) is 4.74 Å². The molecule has 0 aliphatic heterocycles. The molecule has 2 aromatic rings. The van der Waals surface area contributed by atoms with E-state index in [0.717, 1.165) is 16.9 Å². The summed E-state index contributed by atoms with van der Waals surface area (Å²) in [6.45, 7) is 4.16. The Kier molecular flexibility index (Phi) is 4.57. The number of carbonyl (C=O) groups excluding carboxylic acids is 1. The van der Waals surface area contributed by atoms with Crippen molar-refractivity contribution in [2.75, 3.05) is 7.11 Å². The Morgan fingerprint density at radius 3 is 2.05 bits per heavy atom. The van der Waals surface area contributed by atoms with Gasteiger partial charge in [-0.2, -0.15) is 0 Å². The Hall–Kier alpha value is -2.09. The monoisotopic (exact) mass is 268 g/mol. The smallest absolute Gasteiger partial charge is 0.170 e. The normalized spacial score (nSPS) is 12.2. The van der Waals surface area contributed by atoms with E-state index in [-0.39, 0.29) is 17.6 Å². The van der Waals surface area contributed by atoms with Gasteiger partial charge in [-0.1, -0.05) is 44.2 Å². The van der Waals surface area contributed by atoms with Crippen LogP contribution in [-0.2, 0) is 0 Å². The van der Waals surface area contributed by atoms with E-state index in [1.165, 1.54) is 0 Å². The molecule has 0 saturated carbocycles. The molecular weight excluding hydrogens is 248 g/mol. The highest BCUT2D eigenvalue weighted by Crippen LogP contribution is 2.28. The third kappa shape index (κ3) is 3.08.